The largest absolute Gasteiger partial charge is 0.346 e. The molecule has 1 aromatic carbocycles. The zero-order chi connectivity index (χ0) is 16.2. The van der Waals surface area contributed by atoms with Crippen LogP contribution in [0.15, 0.2) is 30.3 Å². The fraction of sp³-hybridized carbons (Fsp3) is 0.579. The number of likely N-dealkylation sites (tertiary alicyclic amines) is 2. The van der Waals surface area contributed by atoms with Gasteiger partial charge in [-0.15, -0.1) is 0 Å². The first-order valence-corrected chi connectivity index (χ1v) is 8.76. The van der Waals surface area contributed by atoms with Crippen LogP contribution >= 0.6 is 0 Å². The average Bonchev–Trinajstić information content (AvgIpc) is 2.83. The summed E-state index contributed by atoms with van der Waals surface area (Å²) in [6, 6.07) is 10.5. The van der Waals surface area contributed by atoms with E-state index in [9.17, 15) is 9.59 Å². The number of nitrogens with zero attached hydrogens (tertiary/aromatic N) is 2. The molecule has 2 saturated heterocycles. The lowest BCUT2D eigenvalue weighted by molar-refractivity contribution is -0.146. The van der Waals surface area contributed by atoms with E-state index in [1.54, 1.807) is 4.90 Å². The first kappa shape index (κ1) is 16.0. The van der Waals surface area contributed by atoms with Gasteiger partial charge < -0.3 is 9.80 Å². The van der Waals surface area contributed by atoms with Crippen molar-refractivity contribution in [3.63, 3.8) is 0 Å². The van der Waals surface area contributed by atoms with Crippen LogP contribution in [0.2, 0.25) is 0 Å². The highest BCUT2D eigenvalue weighted by molar-refractivity contribution is 5.87. The van der Waals surface area contributed by atoms with E-state index in [0.717, 1.165) is 32.2 Å². The zero-order valence-corrected chi connectivity index (χ0v) is 13.9. The predicted octanol–water partition coefficient (Wildman–Crippen LogP) is 3.00. The molecular formula is C19H26N2O2. The zero-order valence-electron chi connectivity index (χ0n) is 13.9. The quantitative estimate of drug-likeness (QED) is 0.842. The summed E-state index contributed by atoms with van der Waals surface area (Å²) < 4.78 is 0. The number of rotatable bonds is 2. The normalized spacial score (nSPS) is 26.0. The van der Waals surface area contributed by atoms with E-state index in [1.807, 2.05) is 25.2 Å². The molecule has 0 saturated carbocycles. The molecule has 0 unspecified atom stereocenters. The molecule has 2 heterocycles. The molecule has 2 fully saturated rings. The number of piperidine rings is 1. The summed E-state index contributed by atoms with van der Waals surface area (Å²) in [5, 5.41) is 0. The molecule has 0 spiro atoms. The van der Waals surface area contributed by atoms with Gasteiger partial charge in [0.1, 0.15) is 0 Å². The van der Waals surface area contributed by atoms with Crippen LogP contribution in [0.5, 0.6) is 0 Å². The molecule has 0 bridgehead atoms. The maximum atomic E-state index is 13.1. The first-order valence-electron chi connectivity index (χ1n) is 8.76. The van der Waals surface area contributed by atoms with Crippen molar-refractivity contribution in [3.8, 4) is 0 Å². The minimum absolute atomic E-state index is 0.0979. The molecule has 0 N–H and O–H groups in total. The third kappa shape index (κ3) is 3.57. The van der Waals surface area contributed by atoms with Crippen LogP contribution in [-0.4, -0.2) is 41.8 Å². The fourth-order valence-corrected chi connectivity index (χ4v) is 3.78. The molecule has 0 radical (unpaired) electrons. The van der Waals surface area contributed by atoms with Gasteiger partial charge >= 0.3 is 0 Å². The molecule has 23 heavy (non-hydrogen) atoms. The molecule has 1 aromatic rings. The van der Waals surface area contributed by atoms with Crippen molar-refractivity contribution in [1.82, 2.24) is 9.80 Å². The van der Waals surface area contributed by atoms with Crippen LogP contribution < -0.4 is 0 Å². The monoisotopic (exact) mass is 314 g/mol. The van der Waals surface area contributed by atoms with Gasteiger partial charge in [-0.3, -0.25) is 9.59 Å². The molecule has 4 nitrogen and oxygen atoms in total. The molecular weight excluding hydrogens is 288 g/mol. The molecule has 2 atom stereocenters. The summed E-state index contributed by atoms with van der Waals surface area (Å²) in [5.74, 6) is 0.144. The van der Waals surface area contributed by atoms with Crippen LogP contribution in [0, 0.1) is 5.92 Å². The molecule has 0 aliphatic carbocycles. The number of amides is 2. The van der Waals surface area contributed by atoms with E-state index in [2.05, 4.69) is 17.0 Å². The Balaban J connectivity index is 1.79. The van der Waals surface area contributed by atoms with E-state index >= 15 is 0 Å². The topological polar surface area (TPSA) is 40.6 Å². The Morgan fingerprint density at radius 1 is 1.04 bits per heavy atom. The first-order chi connectivity index (χ1) is 11.2. The Labute approximate surface area is 138 Å². The number of benzene rings is 1. The van der Waals surface area contributed by atoms with Gasteiger partial charge in [-0.05, 0) is 24.8 Å². The van der Waals surface area contributed by atoms with E-state index in [4.69, 9.17) is 0 Å². The van der Waals surface area contributed by atoms with Gasteiger partial charge in [0.05, 0.1) is 6.04 Å². The van der Waals surface area contributed by atoms with E-state index < -0.39 is 0 Å². The van der Waals surface area contributed by atoms with Crippen molar-refractivity contribution < 1.29 is 9.59 Å². The Morgan fingerprint density at radius 2 is 1.83 bits per heavy atom. The number of hydrogen-bond donors (Lipinski definition) is 0. The summed E-state index contributed by atoms with van der Waals surface area (Å²) in [6.07, 6.45) is 5.59. The second-order valence-electron chi connectivity index (χ2n) is 6.81. The van der Waals surface area contributed by atoms with Crippen molar-refractivity contribution in [1.29, 1.82) is 0 Å². The Kier molecular flexibility index (Phi) is 4.99. The minimum Gasteiger partial charge on any atom is -0.346 e. The minimum atomic E-state index is -0.136. The average molecular weight is 314 g/mol. The van der Waals surface area contributed by atoms with Crippen molar-refractivity contribution in [3.05, 3.63) is 35.9 Å². The number of carbonyl (C=O) groups excluding carboxylic acids is 2. The molecule has 2 aliphatic heterocycles. The summed E-state index contributed by atoms with van der Waals surface area (Å²) in [4.78, 5) is 28.9. The van der Waals surface area contributed by atoms with Gasteiger partial charge in [-0.25, -0.2) is 0 Å². The number of carbonyl (C=O) groups is 2. The summed E-state index contributed by atoms with van der Waals surface area (Å²) in [5.41, 5.74) is 1.22. The highest BCUT2D eigenvalue weighted by Gasteiger charge is 2.35. The number of hydrogen-bond acceptors (Lipinski definition) is 2. The second-order valence-corrected chi connectivity index (χ2v) is 6.81. The van der Waals surface area contributed by atoms with E-state index in [-0.39, 0.29) is 23.8 Å². The Morgan fingerprint density at radius 3 is 2.57 bits per heavy atom. The van der Waals surface area contributed by atoms with Crippen molar-refractivity contribution >= 4 is 11.8 Å². The van der Waals surface area contributed by atoms with E-state index in [1.165, 1.54) is 12.0 Å². The van der Waals surface area contributed by atoms with Crippen LogP contribution in [0.4, 0.5) is 0 Å². The summed E-state index contributed by atoms with van der Waals surface area (Å²) in [7, 11) is 1.82. The van der Waals surface area contributed by atoms with Crippen LogP contribution in [-0.2, 0) is 9.59 Å². The maximum Gasteiger partial charge on any atom is 0.226 e. The van der Waals surface area contributed by atoms with Gasteiger partial charge in [0.25, 0.3) is 0 Å². The Hall–Kier alpha value is -1.84. The lowest BCUT2D eigenvalue weighted by Gasteiger charge is -2.36. The molecule has 0 aromatic heterocycles. The van der Waals surface area contributed by atoms with Gasteiger partial charge in [0.2, 0.25) is 11.8 Å². The van der Waals surface area contributed by atoms with Crippen LogP contribution in [0.25, 0.3) is 0 Å². The van der Waals surface area contributed by atoms with Gasteiger partial charge in [-0.1, -0.05) is 43.2 Å². The van der Waals surface area contributed by atoms with Gasteiger partial charge in [-0.2, -0.15) is 0 Å². The Bertz CT molecular complexity index is 558. The lowest BCUT2D eigenvalue weighted by Crippen LogP contribution is -2.45. The molecule has 4 heteroatoms. The smallest absolute Gasteiger partial charge is 0.226 e. The van der Waals surface area contributed by atoms with Crippen molar-refractivity contribution in [2.75, 3.05) is 20.1 Å². The molecule has 2 aliphatic rings. The molecule has 2 amide bonds. The van der Waals surface area contributed by atoms with E-state index in [0.29, 0.717) is 13.0 Å². The highest BCUT2D eigenvalue weighted by atomic mass is 16.2. The highest BCUT2D eigenvalue weighted by Crippen LogP contribution is 2.33. The summed E-state index contributed by atoms with van der Waals surface area (Å²) >= 11 is 0. The van der Waals surface area contributed by atoms with Crippen molar-refractivity contribution in [2.24, 2.45) is 5.92 Å². The van der Waals surface area contributed by atoms with Crippen molar-refractivity contribution in [2.45, 2.75) is 44.6 Å². The third-order valence-corrected chi connectivity index (χ3v) is 5.23. The lowest BCUT2D eigenvalue weighted by atomic mass is 9.93. The second kappa shape index (κ2) is 7.16. The fourth-order valence-electron chi connectivity index (χ4n) is 3.78. The SMILES string of the molecule is CN1CC[C@@H](C(=O)N2CCCCC[C@H]2c2ccccc2)CC1=O. The van der Waals surface area contributed by atoms with Gasteiger partial charge in [0, 0.05) is 32.5 Å². The third-order valence-electron chi connectivity index (χ3n) is 5.23. The predicted molar refractivity (Wildman–Crippen MR) is 89.7 cm³/mol. The maximum absolute atomic E-state index is 13.1. The summed E-state index contributed by atoms with van der Waals surface area (Å²) in [6.45, 7) is 1.51. The standard InChI is InChI=1S/C19H26N2O2/c1-20-13-11-16(14-18(20)22)19(23)21-12-7-3-6-10-17(21)15-8-4-2-5-9-15/h2,4-5,8-9,16-17H,3,6-7,10-14H2,1H3/t16-,17+/m1/s1. The van der Waals surface area contributed by atoms with Crippen LogP contribution in [0.3, 0.4) is 0 Å². The molecule has 124 valence electrons. The van der Waals surface area contributed by atoms with Crippen LogP contribution in [0.1, 0.15) is 50.1 Å². The van der Waals surface area contributed by atoms with Gasteiger partial charge in [0.15, 0.2) is 0 Å². The molecule has 3 rings (SSSR count).